The van der Waals surface area contributed by atoms with Gasteiger partial charge in [-0.15, -0.1) is 0 Å². The van der Waals surface area contributed by atoms with Crippen molar-refractivity contribution in [2.75, 3.05) is 6.54 Å². The summed E-state index contributed by atoms with van der Waals surface area (Å²) < 4.78 is 1.95. The smallest absolute Gasteiger partial charge is 0.225 e. The zero-order valence-electron chi connectivity index (χ0n) is 16.7. The van der Waals surface area contributed by atoms with Crippen molar-refractivity contribution in [2.24, 2.45) is 5.92 Å². The van der Waals surface area contributed by atoms with Crippen molar-refractivity contribution >= 4 is 23.4 Å². The van der Waals surface area contributed by atoms with Crippen molar-refractivity contribution in [2.45, 2.75) is 53.2 Å². The Morgan fingerprint density at radius 3 is 2.64 bits per heavy atom. The minimum Gasteiger partial charge on any atom is -0.352 e. The fourth-order valence-electron chi connectivity index (χ4n) is 3.71. The minimum atomic E-state index is -0.188. The van der Waals surface area contributed by atoms with Crippen LogP contribution >= 0.6 is 11.6 Å². The molecular formula is C21H27ClN4O2. The van der Waals surface area contributed by atoms with Gasteiger partial charge >= 0.3 is 0 Å². The van der Waals surface area contributed by atoms with Crippen molar-refractivity contribution in [3.8, 4) is 0 Å². The number of amides is 2. The fourth-order valence-corrected chi connectivity index (χ4v) is 3.84. The number of aryl methyl sites for hydroxylation is 2. The van der Waals surface area contributed by atoms with E-state index in [4.69, 9.17) is 11.6 Å². The van der Waals surface area contributed by atoms with Crippen LogP contribution in [0.4, 0.5) is 0 Å². The second kappa shape index (κ2) is 8.78. The molecule has 1 aliphatic rings. The second-order valence-electron chi connectivity index (χ2n) is 7.32. The monoisotopic (exact) mass is 402 g/mol. The Morgan fingerprint density at radius 2 is 2.00 bits per heavy atom. The van der Waals surface area contributed by atoms with Crippen LogP contribution in [0.25, 0.3) is 0 Å². The lowest BCUT2D eigenvalue weighted by Gasteiger charge is -2.32. The average Bonchev–Trinajstić information content (AvgIpc) is 2.96. The van der Waals surface area contributed by atoms with Crippen LogP contribution < -0.4 is 5.32 Å². The maximum absolute atomic E-state index is 12.7. The Kier molecular flexibility index (Phi) is 6.39. The molecule has 0 unspecified atom stereocenters. The number of hydrogen-bond acceptors (Lipinski definition) is 3. The van der Waals surface area contributed by atoms with E-state index < -0.39 is 0 Å². The minimum absolute atomic E-state index is 0.00310. The number of nitrogens with one attached hydrogen (secondary N) is 1. The molecule has 7 heteroatoms. The molecule has 3 rings (SSSR count). The molecule has 150 valence electrons. The van der Waals surface area contributed by atoms with Crippen LogP contribution in [-0.2, 0) is 29.2 Å². The van der Waals surface area contributed by atoms with Crippen molar-refractivity contribution in [1.29, 1.82) is 0 Å². The van der Waals surface area contributed by atoms with E-state index in [1.165, 1.54) is 0 Å². The number of carbonyl (C=O) groups excluding carboxylic acids is 2. The number of benzene rings is 1. The normalized spacial score (nSPS) is 17.1. The molecular weight excluding hydrogens is 376 g/mol. The van der Waals surface area contributed by atoms with Crippen LogP contribution in [0.2, 0.25) is 5.02 Å². The first-order valence-corrected chi connectivity index (χ1v) is 10.1. The van der Waals surface area contributed by atoms with Crippen molar-refractivity contribution in [3.63, 3.8) is 0 Å². The average molecular weight is 403 g/mol. The topological polar surface area (TPSA) is 67.2 Å². The Labute approximate surface area is 170 Å². The van der Waals surface area contributed by atoms with Gasteiger partial charge in [0.15, 0.2) is 0 Å². The molecule has 1 aliphatic heterocycles. The molecule has 1 aromatic carbocycles. The molecule has 2 heterocycles. The molecule has 28 heavy (non-hydrogen) atoms. The highest BCUT2D eigenvalue weighted by atomic mass is 35.5. The van der Waals surface area contributed by atoms with E-state index >= 15 is 0 Å². The summed E-state index contributed by atoms with van der Waals surface area (Å²) in [6, 6.07) is 7.46. The molecule has 1 fully saturated rings. The van der Waals surface area contributed by atoms with Crippen LogP contribution in [-0.4, -0.2) is 33.0 Å². The number of nitrogens with zero attached hydrogens (tertiary/aromatic N) is 3. The van der Waals surface area contributed by atoms with E-state index in [1.54, 1.807) is 4.90 Å². The van der Waals surface area contributed by atoms with Gasteiger partial charge in [-0.1, -0.05) is 23.7 Å². The van der Waals surface area contributed by atoms with Gasteiger partial charge in [0.25, 0.3) is 0 Å². The van der Waals surface area contributed by atoms with Crippen LogP contribution in [0.15, 0.2) is 24.3 Å². The van der Waals surface area contributed by atoms with Crippen molar-refractivity contribution < 1.29 is 9.59 Å². The SMILES string of the molecule is CCn1nc(C)c(CNC(=O)[C@H]2CCC(=O)N(Cc3ccc(Cl)cc3)C2)c1C. The number of rotatable bonds is 6. The highest BCUT2D eigenvalue weighted by Crippen LogP contribution is 2.21. The zero-order chi connectivity index (χ0) is 20.3. The van der Waals surface area contributed by atoms with Gasteiger partial charge in [0.1, 0.15) is 0 Å². The molecule has 2 aromatic rings. The van der Waals surface area contributed by atoms with E-state index in [1.807, 2.05) is 42.8 Å². The molecule has 1 aromatic heterocycles. The molecule has 0 saturated carbocycles. The second-order valence-corrected chi connectivity index (χ2v) is 7.76. The van der Waals surface area contributed by atoms with E-state index in [0.29, 0.717) is 37.5 Å². The first-order chi connectivity index (χ1) is 13.4. The first kappa shape index (κ1) is 20.4. The number of halogens is 1. The van der Waals surface area contributed by atoms with Crippen molar-refractivity contribution in [3.05, 3.63) is 51.8 Å². The van der Waals surface area contributed by atoms with Gasteiger partial charge in [-0.25, -0.2) is 0 Å². The lowest BCUT2D eigenvalue weighted by atomic mass is 9.96. The molecule has 2 amide bonds. The van der Waals surface area contributed by atoms with Gasteiger partial charge in [0.05, 0.1) is 11.6 Å². The third kappa shape index (κ3) is 4.55. The summed E-state index contributed by atoms with van der Waals surface area (Å²) in [6.07, 6.45) is 0.992. The molecule has 0 bridgehead atoms. The van der Waals surface area contributed by atoms with Crippen molar-refractivity contribution in [1.82, 2.24) is 20.0 Å². The quantitative estimate of drug-likeness (QED) is 0.806. The predicted octanol–water partition coefficient (Wildman–Crippen LogP) is 3.23. The van der Waals surface area contributed by atoms with Crippen LogP contribution in [0, 0.1) is 19.8 Å². The number of hydrogen-bond donors (Lipinski definition) is 1. The van der Waals surface area contributed by atoms with Crippen LogP contribution in [0.3, 0.4) is 0 Å². The lowest BCUT2D eigenvalue weighted by molar-refractivity contribution is -0.138. The standard InChI is InChI=1S/C21H27ClN4O2/c1-4-26-15(3)19(14(2)24-26)11-23-21(28)17-7-10-20(27)25(13-17)12-16-5-8-18(22)9-6-16/h5-6,8-9,17H,4,7,10-13H2,1-3H3,(H,23,28)/t17-/m0/s1. The van der Waals surface area contributed by atoms with Gasteiger partial charge < -0.3 is 10.2 Å². The Balaban J connectivity index is 1.60. The predicted molar refractivity (Wildman–Crippen MR) is 109 cm³/mol. The Hall–Kier alpha value is -2.34. The van der Waals surface area contributed by atoms with Gasteiger partial charge in [0.2, 0.25) is 11.8 Å². The number of piperidine rings is 1. The van der Waals surface area contributed by atoms with E-state index in [-0.39, 0.29) is 17.7 Å². The highest BCUT2D eigenvalue weighted by molar-refractivity contribution is 6.30. The summed E-state index contributed by atoms with van der Waals surface area (Å²) in [5, 5.41) is 8.21. The van der Waals surface area contributed by atoms with E-state index in [2.05, 4.69) is 17.3 Å². The number of carbonyl (C=O) groups is 2. The molecule has 0 spiro atoms. The van der Waals surface area contributed by atoms with Gasteiger partial charge in [-0.2, -0.15) is 5.10 Å². The van der Waals surface area contributed by atoms with Gasteiger partial charge in [-0.3, -0.25) is 14.3 Å². The third-order valence-corrected chi connectivity index (χ3v) is 5.68. The number of aromatic nitrogens is 2. The molecule has 1 N–H and O–H groups in total. The molecule has 1 atom stereocenters. The van der Waals surface area contributed by atoms with E-state index in [9.17, 15) is 9.59 Å². The molecule has 6 nitrogen and oxygen atoms in total. The summed E-state index contributed by atoms with van der Waals surface area (Å²) in [6.45, 7) is 8.27. The molecule has 1 saturated heterocycles. The fraction of sp³-hybridized carbons (Fsp3) is 0.476. The summed E-state index contributed by atoms with van der Waals surface area (Å²) in [5.74, 6) is -0.0987. The maximum Gasteiger partial charge on any atom is 0.225 e. The molecule has 0 radical (unpaired) electrons. The number of likely N-dealkylation sites (tertiary alicyclic amines) is 1. The third-order valence-electron chi connectivity index (χ3n) is 5.43. The Bertz CT molecular complexity index is 860. The Morgan fingerprint density at radius 1 is 1.29 bits per heavy atom. The first-order valence-electron chi connectivity index (χ1n) is 9.71. The zero-order valence-corrected chi connectivity index (χ0v) is 17.4. The highest BCUT2D eigenvalue weighted by Gasteiger charge is 2.30. The van der Waals surface area contributed by atoms with E-state index in [0.717, 1.165) is 29.1 Å². The van der Waals surface area contributed by atoms with Gasteiger partial charge in [-0.05, 0) is 44.9 Å². The summed E-state index contributed by atoms with van der Waals surface area (Å²) >= 11 is 5.93. The lowest BCUT2D eigenvalue weighted by Crippen LogP contribution is -2.45. The summed E-state index contributed by atoms with van der Waals surface area (Å²) in [4.78, 5) is 26.8. The largest absolute Gasteiger partial charge is 0.352 e. The summed E-state index contributed by atoms with van der Waals surface area (Å²) in [5.41, 5.74) is 4.11. The van der Waals surface area contributed by atoms with Gasteiger partial charge in [0, 0.05) is 48.9 Å². The van der Waals surface area contributed by atoms with Crippen LogP contribution in [0.1, 0.15) is 42.3 Å². The van der Waals surface area contributed by atoms with Crippen LogP contribution in [0.5, 0.6) is 0 Å². The molecule has 0 aliphatic carbocycles. The summed E-state index contributed by atoms with van der Waals surface area (Å²) in [7, 11) is 0. The maximum atomic E-state index is 12.7.